The fourth-order valence-electron chi connectivity index (χ4n) is 1.69. The van der Waals surface area contributed by atoms with Crippen molar-refractivity contribution in [1.29, 1.82) is 0 Å². The number of carboxylic acid groups (broad SMARTS) is 1. The lowest BCUT2D eigenvalue weighted by molar-refractivity contribution is -0.133. The first-order valence-electron chi connectivity index (χ1n) is 5.89. The molecule has 0 aromatic heterocycles. The molecule has 0 radical (unpaired) electrons. The Kier molecular flexibility index (Phi) is 4.68. The monoisotopic (exact) mass is 282 g/mol. The van der Waals surface area contributed by atoms with Crippen LogP contribution < -0.4 is 9.47 Å². The maximum absolute atomic E-state index is 11.9. The van der Waals surface area contributed by atoms with Crippen LogP contribution in [-0.2, 0) is 4.79 Å². The van der Waals surface area contributed by atoms with Crippen LogP contribution in [0.5, 0.6) is 11.5 Å². The topological polar surface area (TPSA) is 72.8 Å². The van der Waals surface area contributed by atoms with Crippen LogP contribution in [0.4, 0.5) is 0 Å². The predicted molar refractivity (Wildman–Crippen MR) is 71.3 cm³/mol. The molecule has 1 aliphatic rings. The van der Waals surface area contributed by atoms with Crippen LogP contribution in [0.2, 0.25) is 0 Å². The number of aliphatic carboxylic acids is 1. The molecule has 2 rings (SSSR count). The van der Waals surface area contributed by atoms with Crippen molar-refractivity contribution in [3.05, 3.63) is 23.8 Å². The van der Waals surface area contributed by atoms with Crippen molar-refractivity contribution in [3.63, 3.8) is 0 Å². The molecule has 0 unspecified atom stereocenters. The number of carboxylic acids is 1. The highest BCUT2D eigenvalue weighted by molar-refractivity contribution is 7.99. The Morgan fingerprint density at radius 2 is 1.95 bits per heavy atom. The fraction of sp³-hybridized carbons (Fsp3) is 0.385. The maximum Gasteiger partial charge on any atom is 0.313 e. The van der Waals surface area contributed by atoms with Gasteiger partial charge in [0.05, 0.1) is 5.75 Å². The van der Waals surface area contributed by atoms with Crippen LogP contribution in [0.1, 0.15) is 16.8 Å². The maximum atomic E-state index is 11.9. The minimum Gasteiger partial charge on any atom is -0.486 e. The Labute approximate surface area is 114 Å². The lowest BCUT2D eigenvalue weighted by Gasteiger charge is -2.18. The van der Waals surface area contributed by atoms with Gasteiger partial charge in [-0.1, -0.05) is 0 Å². The van der Waals surface area contributed by atoms with Gasteiger partial charge in [-0.05, 0) is 18.2 Å². The Morgan fingerprint density at radius 1 is 1.21 bits per heavy atom. The van der Waals surface area contributed by atoms with Crippen LogP contribution in [-0.4, -0.2) is 41.6 Å². The number of carbonyl (C=O) groups excluding carboxylic acids is 1. The van der Waals surface area contributed by atoms with E-state index in [0.717, 1.165) is 0 Å². The summed E-state index contributed by atoms with van der Waals surface area (Å²) in [5, 5.41) is 8.49. The first kappa shape index (κ1) is 13.7. The number of ketones is 1. The smallest absolute Gasteiger partial charge is 0.313 e. The van der Waals surface area contributed by atoms with E-state index >= 15 is 0 Å². The fourth-order valence-corrected chi connectivity index (χ4v) is 2.33. The number of carbonyl (C=O) groups is 2. The van der Waals surface area contributed by atoms with Crippen LogP contribution in [0.15, 0.2) is 18.2 Å². The molecule has 6 heteroatoms. The van der Waals surface area contributed by atoms with Crippen LogP contribution in [0.25, 0.3) is 0 Å². The van der Waals surface area contributed by atoms with E-state index in [1.165, 1.54) is 11.8 Å². The molecule has 0 aliphatic carbocycles. The van der Waals surface area contributed by atoms with Gasteiger partial charge in [-0.3, -0.25) is 9.59 Å². The van der Waals surface area contributed by atoms with Crippen molar-refractivity contribution in [3.8, 4) is 11.5 Å². The van der Waals surface area contributed by atoms with E-state index in [1.807, 2.05) is 0 Å². The summed E-state index contributed by atoms with van der Waals surface area (Å²) in [6, 6.07) is 5.11. The van der Waals surface area contributed by atoms with Gasteiger partial charge < -0.3 is 14.6 Å². The third-order valence-corrected chi connectivity index (χ3v) is 3.51. The zero-order chi connectivity index (χ0) is 13.7. The van der Waals surface area contributed by atoms with E-state index in [0.29, 0.717) is 42.4 Å². The molecule has 1 heterocycles. The van der Waals surface area contributed by atoms with Gasteiger partial charge >= 0.3 is 5.97 Å². The number of hydrogen-bond acceptors (Lipinski definition) is 5. The van der Waals surface area contributed by atoms with Gasteiger partial charge in [-0.15, -0.1) is 11.8 Å². The second-order valence-electron chi connectivity index (χ2n) is 3.98. The van der Waals surface area contributed by atoms with E-state index in [-0.39, 0.29) is 11.5 Å². The third kappa shape index (κ3) is 3.89. The second kappa shape index (κ2) is 6.47. The quantitative estimate of drug-likeness (QED) is 0.634. The number of hydrogen-bond donors (Lipinski definition) is 1. The minimum absolute atomic E-state index is 0.0186. The molecule has 0 atom stereocenters. The first-order chi connectivity index (χ1) is 9.16. The Bertz CT molecular complexity index is 486. The van der Waals surface area contributed by atoms with Crippen molar-refractivity contribution in [2.75, 3.05) is 24.7 Å². The number of thioether (sulfide) groups is 1. The highest BCUT2D eigenvalue weighted by Gasteiger charge is 2.14. The lowest BCUT2D eigenvalue weighted by atomic mass is 10.1. The summed E-state index contributed by atoms with van der Waals surface area (Å²) in [4.78, 5) is 22.3. The number of ether oxygens (including phenoxy) is 2. The van der Waals surface area contributed by atoms with Crippen molar-refractivity contribution in [2.45, 2.75) is 6.42 Å². The highest BCUT2D eigenvalue weighted by Crippen LogP contribution is 2.31. The SMILES string of the molecule is O=C(O)CSCCC(=O)c1ccc2c(c1)OCCO2. The van der Waals surface area contributed by atoms with Gasteiger partial charge in [-0.2, -0.15) is 0 Å². The molecule has 0 saturated carbocycles. The van der Waals surface area contributed by atoms with Gasteiger partial charge in [0.15, 0.2) is 17.3 Å². The highest BCUT2D eigenvalue weighted by atomic mass is 32.2. The van der Waals surface area contributed by atoms with Gasteiger partial charge in [0, 0.05) is 17.7 Å². The Balaban J connectivity index is 1.90. The van der Waals surface area contributed by atoms with E-state index in [9.17, 15) is 9.59 Å². The summed E-state index contributed by atoms with van der Waals surface area (Å²) in [6.45, 7) is 1.01. The molecule has 1 aliphatic heterocycles. The molecule has 19 heavy (non-hydrogen) atoms. The minimum atomic E-state index is -0.864. The van der Waals surface area contributed by atoms with Crippen LogP contribution >= 0.6 is 11.8 Å². The Morgan fingerprint density at radius 3 is 2.68 bits per heavy atom. The van der Waals surface area contributed by atoms with Gasteiger partial charge in [0.1, 0.15) is 13.2 Å². The van der Waals surface area contributed by atoms with Gasteiger partial charge in [0.2, 0.25) is 0 Å². The molecule has 1 aromatic rings. The molecule has 0 saturated heterocycles. The average molecular weight is 282 g/mol. The summed E-state index contributed by atoms with van der Waals surface area (Å²) < 4.78 is 10.8. The second-order valence-corrected chi connectivity index (χ2v) is 5.08. The molecule has 1 aromatic carbocycles. The molecule has 5 nitrogen and oxygen atoms in total. The largest absolute Gasteiger partial charge is 0.486 e. The molecule has 1 N–H and O–H groups in total. The number of Topliss-reactive ketones (excluding diaryl/α,β-unsaturated/α-hetero) is 1. The van der Waals surface area contributed by atoms with Crippen molar-refractivity contribution in [1.82, 2.24) is 0 Å². The predicted octanol–water partition coefficient (Wildman–Crippen LogP) is 1.85. The molecule has 0 spiro atoms. The van der Waals surface area contributed by atoms with Gasteiger partial charge in [0.25, 0.3) is 0 Å². The molecule has 0 fully saturated rings. The molecular weight excluding hydrogens is 268 g/mol. The third-order valence-electron chi connectivity index (χ3n) is 2.56. The zero-order valence-electron chi connectivity index (χ0n) is 10.3. The average Bonchev–Trinajstić information content (AvgIpc) is 2.42. The van der Waals surface area contributed by atoms with E-state index in [4.69, 9.17) is 14.6 Å². The van der Waals surface area contributed by atoms with Crippen molar-refractivity contribution in [2.24, 2.45) is 0 Å². The van der Waals surface area contributed by atoms with Gasteiger partial charge in [-0.25, -0.2) is 0 Å². The molecule has 0 amide bonds. The number of rotatable bonds is 6. The first-order valence-corrected chi connectivity index (χ1v) is 7.04. The summed E-state index contributed by atoms with van der Waals surface area (Å²) in [5.41, 5.74) is 0.570. The molecular formula is C13H14O5S. The number of fused-ring (bicyclic) bond motifs is 1. The summed E-state index contributed by atoms with van der Waals surface area (Å²) in [5.74, 6) is 0.888. The van der Waals surface area contributed by atoms with E-state index in [1.54, 1.807) is 18.2 Å². The van der Waals surface area contributed by atoms with E-state index in [2.05, 4.69) is 0 Å². The van der Waals surface area contributed by atoms with Crippen LogP contribution in [0.3, 0.4) is 0 Å². The standard InChI is InChI=1S/C13H14O5S/c14-10(3-6-19-8-13(15)16)9-1-2-11-12(7-9)18-5-4-17-11/h1-2,7H,3-6,8H2,(H,15,16). The zero-order valence-corrected chi connectivity index (χ0v) is 11.1. The summed E-state index contributed by atoms with van der Waals surface area (Å²) in [7, 11) is 0. The van der Waals surface area contributed by atoms with E-state index < -0.39 is 5.97 Å². The summed E-state index contributed by atoms with van der Waals surface area (Å²) in [6.07, 6.45) is 0.317. The number of benzene rings is 1. The normalized spacial score (nSPS) is 13.1. The Hall–Kier alpha value is -1.69. The van der Waals surface area contributed by atoms with Crippen molar-refractivity contribution < 1.29 is 24.2 Å². The molecule has 102 valence electrons. The van der Waals surface area contributed by atoms with Crippen molar-refractivity contribution >= 4 is 23.5 Å². The lowest BCUT2D eigenvalue weighted by Crippen LogP contribution is -2.15. The van der Waals surface area contributed by atoms with Crippen LogP contribution in [0, 0.1) is 0 Å². The molecule has 0 bridgehead atoms. The summed E-state index contributed by atoms with van der Waals surface area (Å²) >= 11 is 1.24.